The predicted molar refractivity (Wildman–Crippen MR) is 120 cm³/mol. The minimum absolute atomic E-state index is 0.221. The van der Waals surface area contributed by atoms with Crippen LogP contribution in [0.4, 0.5) is 4.79 Å². The van der Waals surface area contributed by atoms with Crippen molar-refractivity contribution in [2.75, 3.05) is 0 Å². The Morgan fingerprint density at radius 3 is 2.59 bits per heavy atom. The van der Waals surface area contributed by atoms with Gasteiger partial charge in [0.2, 0.25) is 0 Å². The lowest BCUT2D eigenvalue weighted by molar-refractivity contribution is -0.123. The van der Waals surface area contributed by atoms with Crippen LogP contribution in [0.3, 0.4) is 0 Å². The number of halogens is 2. The van der Waals surface area contributed by atoms with Crippen LogP contribution in [0.2, 0.25) is 5.02 Å². The van der Waals surface area contributed by atoms with E-state index in [2.05, 4.69) is 15.9 Å². The van der Waals surface area contributed by atoms with Gasteiger partial charge < -0.3 is 4.42 Å². The van der Waals surface area contributed by atoms with Crippen molar-refractivity contribution >= 4 is 68.3 Å². The molecule has 0 unspecified atom stereocenters. The number of benzene rings is 2. The maximum Gasteiger partial charge on any atom is 0.293 e. The molecule has 0 saturated carbocycles. The second-order valence-corrected chi connectivity index (χ2v) is 9.43. The standard InChI is InChI=1S/C21H13BrClNO3S2/c22-17-4-2-1-3-13(17)12-24-20(25)18(29-21(24)26)11-15-7-10-19(27-15)28-16-8-5-14(23)6-9-16/h1-11H,12H2/b18-11-. The topological polar surface area (TPSA) is 50.5 Å². The summed E-state index contributed by atoms with van der Waals surface area (Å²) in [6, 6.07) is 18.6. The van der Waals surface area contributed by atoms with Gasteiger partial charge in [0.25, 0.3) is 11.1 Å². The highest BCUT2D eigenvalue weighted by atomic mass is 79.9. The SMILES string of the molecule is O=C1S/C(=C\c2ccc(Sc3ccc(Cl)cc3)o2)C(=O)N1Cc1ccccc1Br. The van der Waals surface area contributed by atoms with Crippen LogP contribution in [-0.4, -0.2) is 16.0 Å². The molecule has 1 aromatic heterocycles. The molecule has 29 heavy (non-hydrogen) atoms. The average molecular weight is 507 g/mol. The molecular formula is C21H13BrClNO3S2. The lowest BCUT2D eigenvalue weighted by Crippen LogP contribution is -2.27. The number of furan rings is 1. The van der Waals surface area contributed by atoms with Crippen LogP contribution in [0.1, 0.15) is 11.3 Å². The van der Waals surface area contributed by atoms with E-state index in [1.165, 1.54) is 16.7 Å². The van der Waals surface area contributed by atoms with Crippen molar-refractivity contribution < 1.29 is 14.0 Å². The number of hydrogen-bond acceptors (Lipinski definition) is 5. The summed E-state index contributed by atoms with van der Waals surface area (Å²) < 4.78 is 6.65. The van der Waals surface area contributed by atoms with Crippen molar-refractivity contribution in [3.8, 4) is 0 Å². The van der Waals surface area contributed by atoms with Gasteiger partial charge in [-0.2, -0.15) is 0 Å². The summed E-state index contributed by atoms with van der Waals surface area (Å²) in [5, 5.41) is 1.07. The monoisotopic (exact) mass is 505 g/mol. The zero-order valence-corrected chi connectivity index (χ0v) is 18.8. The number of rotatable bonds is 5. The van der Waals surface area contributed by atoms with Crippen LogP contribution < -0.4 is 0 Å². The van der Waals surface area contributed by atoms with Gasteiger partial charge in [-0.1, -0.05) is 57.5 Å². The van der Waals surface area contributed by atoms with Crippen molar-refractivity contribution in [1.82, 2.24) is 4.90 Å². The maximum atomic E-state index is 12.7. The third-order valence-electron chi connectivity index (χ3n) is 4.07. The Kier molecular flexibility index (Phi) is 6.20. The first-order valence-corrected chi connectivity index (χ1v) is 11.3. The zero-order chi connectivity index (χ0) is 20.4. The van der Waals surface area contributed by atoms with E-state index in [1.54, 1.807) is 12.1 Å². The van der Waals surface area contributed by atoms with Gasteiger partial charge >= 0.3 is 0 Å². The fourth-order valence-corrected chi connectivity index (χ4v) is 4.78. The summed E-state index contributed by atoms with van der Waals surface area (Å²) in [4.78, 5) is 27.6. The summed E-state index contributed by atoms with van der Waals surface area (Å²) in [5.74, 6) is 0.201. The second kappa shape index (κ2) is 8.83. The molecule has 0 aliphatic carbocycles. The largest absolute Gasteiger partial charge is 0.450 e. The molecule has 2 heterocycles. The van der Waals surface area contributed by atoms with E-state index in [0.717, 1.165) is 26.7 Å². The molecule has 0 radical (unpaired) electrons. The van der Waals surface area contributed by atoms with Crippen molar-refractivity contribution in [3.05, 3.63) is 86.4 Å². The van der Waals surface area contributed by atoms with E-state index in [1.807, 2.05) is 54.6 Å². The van der Waals surface area contributed by atoms with Crippen molar-refractivity contribution in [2.45, 2.75) is 16.5 Å². The van der Waals surface area contributed by atoms with Crippen LogP contribution in [0.25, 0.3) is 6.08 Å². The Labute approximate surface area is 189 Å². The van der Waals surface area contributed by atoms with Crippen LogP contribution in [-0.2, 0) is 11.3 Å². The normalized spacial score (nSPS) is 15.5. The summed E-state index contributed by atoms with van der Waals surface area (Å²) in [7, 11) is 0. The first-order chi connectivity index (χ1) is 14.0. The number of carbonyl (C=O) groups excluding carboxylic acids is 2. The second-order valence-electron chi connectivity index (χ2n) is 6.07. The molecule has 0 atom stereocenters. The van der Waals surface area contributed by atoms with Gasteiger partial charge in [-0.05, 0) is 59.8 Å². The summed E-state index contributed by atoms with van der Waals surface area (Å²) in [6.07, 6.45) is 1.61. The molecule has 1 aliphatic rings. The van der Waals surface area contributed by atoms with Crippen molar-refractivity contribution in [1.29, 1.82) is 0 Å². The fraction of sp³-hybridized carbons (Fsp3) is 0.0476. The molecule has 0 bridgehead atoms. The van der Waals surface area contributed by atoms with Crippen LogP contribution in [0, 0.1) is 0 Å². The first-order valence-electron chi connectivity index (χ1n) is 8.51. The number of carbonyl (C=O) groups is 2. The molecule has 2 aromatic carbocycles. The molecule has 1 aliphatic heterocycles. The van der Waals surface area contributed by atoms with Gasteiger partial charge in [-0.15, -0.1) is 0 Å². The fourth-order valence-electron chi connectivity index (χ4n) is 2.65. The first kappa shape index (κ1) is 20.3. The van der Waals surface area contributed by atoms with Gasteiger partial charge in [-0.3, -0.25) is 14.5 Å². The Bertz CT molecular complexity index is 1110. The minimum atomic E-state index is -0.320. The number of amides is 2. The van der Waals surface area contributed by atoms with E-state index in [0.29, 0.717) is 20.8 Å². The quantitative estimate of drug-likeness (QED) is 0.346. The Morgan fingerprint density at radius 2 is 1.83 bits per heavy atom. The Balaban J connectivity index is 1.48. The van der Waals surface area contributed by atoms with Gasteiger partial charge in [0.15, 0.2) is 5.09 Å². The van der Waals surface area contributed by atoms with Gasteiger partial charge in [0, 0.05) is 20.5 Å². The number of nitrogens with zero attached hydrogens (tertiary/aromatic N) is 1. The number of hydrogen-bond donors (Lipinski definition) is 0. The van der Waals surface area contributed by atoms with E-state index >= 15 is 0 Å². The van der Waals surface area contributed by atoms with Crippen LogP contribution >= 0.6 is 51.1 Å². The van der Waals surface area contributed by atoms with E-state index in [4.69, 9.17) is 16.0 Å². The molecule has 4 nitrogen and oxygen atoms in total. The third kappa shape index (κ3) is 4.80. The number of thioether (sulfide) groups is 1. The summed E-state index contributed by atoms with van der Waals surface area (Å²) in [5.41, 5.74) is 0.871. The maximum absolute atomic E-state index is 12.7. The van der Waals surface area contributed by atoms with Gasteiger partial charge in [0.1, 0.15) is 5.76 Å². The third-order valence-corrected chi connectivity index (χ3v) is 6.93. The van der Waals surface area contributed by atoms with Crippen molar-refractivity contribution in [2.24, 2.45) is 0 Å². The van der Waals surface area contributed by atoms with Gasteiger partial charge in [0.05, 0.1) is 11.4 Å². The number of imide groups is 1. The van der Waals surface area contributed by atoms with E-state index in [9.17, 15) is 9.59 Å². The lowest BCUT2D eigenvalue weighted by atomic mass is 10.2. The lowest BCUT2D eigenvalue weighted by Gasteiger charge is -2.13. The Hall–Kier alpha value is -1.93. The molecule has 2 amide bonds. The molecule has 0 N–H and O–H groups in total. The minimum Gasteiger partial charge on any atom is -0.450 e. The molecule has 4 rings (SSSR count). The van der Waals surface area contributed by atoms with E-state index < -0.39 is 0 Å². The molecule has 3 aromatic rings. The Morgan fingerprint density at radius 1 is 1.07 bits per heavy atom. The van der Waals surface area contributed by atoms with Crippen molar-refractivity contribution in [3.63, 3.8) is 0 Å². The van der Waals surface area contributed by atoms with Gasteiger partial charge in [-0.25, -0.2) is 0 Å². The van der Waals surface area contributed by atoms with E-state index in [-0.39, 0.29) is 17.7 Å². The molecule has 1 fully saturated rings. The smallest absolute Gasteiger partial charge is 0.293 e. The molecule has 146 valence electrons. The predicted octanol–water partition coefficient (Wildman–Crippen LogP) is 7.08. The van der Waals surface area contributed by atoms with Crippen LogP contribution in [0.15, 0.2) is 84.4 Å². The summed E-state index contributed by atoms with van der Waals surface area (Å²) in [6.45, 7) is 0.221. The highest BCUT2D eigenvalue weighted by Gasteiger charge is 2.35. The molecular weight excluding hydrogens is 494 g/mol. The summed E-state index contributed by atoms with van der Waals surface area (Å²) >= 11 is 11.7. The van der Waals surface area contributed by atoms with Crippen LogP contribution in [0.5, 0.6) is 0 Å². The average Bonchev–Trinajstić information content (AvgIpc) is 3.25. The molecule has 1 saturated heterocycles. The highest BCUT2D eigenvalue weighted by molar-refractivity contribution is 9.10. The highest BCUT2D eigenvalue weighted by Crippen LogP contribution is 2.36. The zero-order valence-electron chi connectivity index (χ0n) is 14.8. The molecule has 0 spiro atoms. The molecule has 8 heteroatoms.